The fourth-order valence-electron chi connectivity index (χ4n) is 4.48. The van der Waals surface area contributed by atoms with E-state index in [4.69, 9.17) is 8.37 Å². The van der Waals surface area contributed by atoms with Crippen molar-refractivity contribution in [3.8, 4) is 11.5 Å². The Hall–Kier alpha value is -3.83. The van der Waals surface area contributed by atoms with Gasteiger partial charge in [-0.25, -0.2) is 4.79 Å². The number of nitrogens with one attached hydrogen (secondary N) is 2. The summed E-state index contributed by atoms with van der Waals surface area (Å²) in [5.74, 6) is 0.181. The predicted molar refractivity (Wildman–Crippen MR) is 156 cm³/mol. The quantitative estimate of drug-likeness (QED) is 0.360. The van der Waals surface area contributed by atoms with Crippen molar-refractivity contribution in [3.05, 3.63) is 96.1 Å². The first kappa shape index (κ1) is 29.2. The second-order valence-electron chi connectivity index (χ2n) is 10.4. The highest BCUT2D eigenvalue weighted by Gasteiger charge is 2.41. The number of rotatable bonds is 8. The summed E-state index contributed by atoms with van der Waals surface area (Å²) in [6.45, 7) is 6.93. The minimum absolute atomic E-state index is 0.0644. The molecule has 2 aliphatic carbocycles. The van der Waals surface area contributed by atoms with Gasteiger partial charge < -0.3 is 19.0 Å². The molecule has 4 rings (SSSR count). The summed E-state index contributed by atoms with van der Waals surface area (Å²) in [6, 6.07) is 11.4. The lowest BCUT2D eigenvalue weighted by atomic mass is 9.96. The molecule has 0 bridgehead atoms. The molecule has 0 saturated carbocycles. The van der Waals surface area contributed by atoms with Crippen LogP contribution in [0.3, 0.4) is 0 Å². The molecule has 2 unspecified atom stereocenters. The molecular formula is C29H32N2O7S2. The van der Waals surface area contributed by atoms with E-state index in [0.717, 1.165) is 11.1 Å². The van der Waals surface area contributed by atoms with E-state index in [1.54, 1.807) is 50.3 Å². The average Bonchev–Trinajstić information content (AvgIpc) is 2.84. The van der Waals surface area contributed by atoms with Gasteiger partial charge in [0, 0.05) is 17.4 Å². The number of amides is 2. The van der Waals surface area contributed by atoms with Crippen molar-refractivity contribution in [1.82, 2.24) is 0 Å². The lowest BCUT2D eigenvalue weighted by Gasteiger charge is -2.27. The van der Waals surface area contributed by atoms with Gasteiger partial charge in [-0.3, -0.25) is 0 Å². The molecule has 0 aliphatic heterocycles. The molecule has 2 aliphatic rings. The lowest BCUT2D eigenvalue weighted by molar-refractivity contribution is 0.262. The van der Waals surface area contributed by atoms with Crippen LogP contribution >= 0.6 is 0 Å². The number of anilines is 2. The van der Waals surface area contributed by atoms with Gasteiger partial charge in [-0.05, 0) is 76.9 Å². The Morgan fingerprint density at radius 3 is 1.75 bits per heavy atom. The van der Waals surface area contributed by atoms with Crippen LogP contribution in [0.4, 0.5) is 16.2 Å². The largest absolute Gasteiger partial charge is 0.382 e. The number of allylic oxidation sites excluding steroid dienone is 6. The smallest absolute Gasteiger partial charge is 0.323 e. The minimum atomic E-state index is -4.01. The zero-order valence-electron chi connectivity index (χ0n) is 22.7. The first-order valence-electron chi connectivity index (χ1n) is 12.6. The molecule has 212 valence electrons. The number of hydrogen-bond acceptors (Lipinski definition) is 7. The average molecular weight is 585 g/mol. The van der Waals surface area contributed by atoms with Crippen molar-refractivity contribution in [2.24, 2.45) is 0 Å². The van der Waals surface area contributed by atoms with E-state index in [2.05, 4.69) is 10.6 Å². The molecule has 2 atom stereocenters. The monoisotopic (exact) mass is 584 g/mol. The van der Waals surface area contributed by atoms with E-state index in [1.165, 1.54) is 36.4 Å². The molecule has 0 heterocycles. The highest BCUT2D eigenvalue weighted by atomic mass is 32.2. The van der Waals surface area contributed by atoms with Crippen LogP contribution < -0.4 is 19.0 Å². The van der Waals surface area contributed by atoms with Gasteiger partial charge >= 0.3 is 26.3 Å². The number of carbonyl (C=O) groups is 1. The summed E-state index contributed by atoms with van der Waals surface area (Å²) < 4.78 is 60.1. The fourth-order valence-corrected chi connectivity index (χ4v) is 6.88. The Balaban J connectivity index is 1.36. The second-order valence-corrected chi connectivity index (χ2v) is 14.4. The van der Waals surface area contributed by atoms with Crippen LogP contribution in [-0.4, -0.2) is 32.4 Å². The van der Waals surface area contributed by atoms with Gasteiger partial charge in [0.15, 0.2) is 0 Å². The third-order valence-electron chi connectivity index (χ3n) is 6.68. The van der Waals surface area contributed by atoms with Crippen LogP contribution in [0.2, 0.25) is 0 Å². The Morgan fingerprint density at radius 2 is 1.23 bits per heavy atom. The summed E-state index contributed by atoms with van der Waals surface area (Å²) in [4.78, 5) is 12.6. The van der Waals surface area contributed by atoms with E-state index in [1.807, 2.05) is 26.0 Å². The fraction of sp³-hybridized carbons (Fsp3) is 0.276. The van der Waals surface area contributed by atoms with E-state index in [9.17, 15) is 21.6 Å². The molecule has 2 aromatic rings. The summed E-state index contributed by atoms with van der Waals surface area (Å²) in [6.07, 6.45) is 11.0. The predicted octanol–water partition coefficient (Wildman–Crippen LogP) is 6.08. The maximum atomic E-state index is 13.0. The van der Waals surface area contributed by atoms with E-state index in [-0.39, 0.29) is 11.5 Å². The van der Waals surface area contributed by atoms with Crippen molar-refractivity contribution in [2.75, 3.05) is 10.6 Å². The summed E-state index contributed by atoms with van der Waals surface area (Å²) in [5.41, 5.74) is 2.56. The highest BCUT2D eigenvalue weighted by molar-refractivity contribution is 7.89. The molecule has 0 radical (unpaired) electrons. The molecule has 11 heteroatoms. The normalized spacial score (nSPS) is 22.6. The van der Waals surface area contributed by atoms with Crippen LogP contribution in [0.5, 0.6) is 11.5 Å². The van der Waals surface area contributed by atoms with Crippen molar-refractivity contribution in [1.29, 1.82) is 0 Å². The second kappa shape index (κ2) is 11.0. The Kier molecular flexibility index (Phi) is 8.00. The van der Waals surface area contributed by atoms with Crippen LogP contribution in [0.25, 0.3) is 0 Å². The molecule has 2 N–H and O–H groups in total. The Bertz CT molecular complexity index is 1640. The highest BCUT2D eigenvalue weighted by Crippen LogP contribution is 2.34. The van der Waals surface area contributed by atoms with Crippen LogP contribution in [-0.2, 0) is 20.2 Å². The Labute approximate surface area is 235 Å². The molecule has 0 aromatic heterocycles. The van der Waals surface area contributed by atoms with Gasteiger partial charge in [0.25, 0.3) is 0 Å². The molecule has 2 aromatic carbocycles. The maximum absolute atomic E-state index is 13.0. The van der Waals surface area contributed by atoms with Gasteiger partial charge in [0.2, 0.25) is 0 Å². The molecular weight excluding hydrogens is 552 g/mol. The third kappa shape index (κ3) is 6.48. The van der Waals surface area contributed by atoms with Crippen LogP contribution in [0, 0.1) is 0 Å². The first-order valence-corrected chi connectivity index (χ1v) is 15.4. The number of carbonyl (C=O) groups excluding carboxylic acids is 1. The standard InChI is InChI=1S/C29H32N2O7S2/c1-21-8-6-16-28(3,19-21)39(33,34)37-25-14-12-23(13-15-25)30-27(32)31-24-10-5-11-26(18-24)38-40(35,36)29(4)17-7-9-22(2)20-29/h5-18H,19-20H2,1-4H3,(H2,30,31,32). The summed E-state index contributed by atoms with van der Waals surface area (Å²) in [7, 11) is -7.98. The Morgan fingerprint density at radius 1 is 0.725 bits per heavy atom. The van der Waals surface area contributed by atoms with Crippen LogP contribution in [0.1, 0.15) is 40.5 Å². The molecule has 9 nitrogen and oxygen atoms in total. The van der Waals surface area contributed by atoms with Gasteiger partial charge in [-0.1, -0.05) is 53.7 Å². The van der Waals surface area contributed by atoms with E-state index >= 15 is 0 Å². The lowest BCUT2D eigenvalue weighted by Crippen LogP contribution is -2.38. The maximum Gasteiger partial charge on any atom is 0.323 e. The molecule has 40 heavy (non-hydrogen) atoms. The SMILES string of the molecule is CC1=CC=CC(C)(S(=O)(=O)Oc2ccc(NC(=O)Nc3cccc(OS(=O)(=O)C4(C)C=CC=C(C)C4)c3)cc2)C1. The van der Waals surface area contributed by atoms with Crippen molar-refractivity contribution < 1.29 is 30.0 Å². The first-order chi connectivity index (χ1) is 18.7. The van der Waals surface area contributed by atoms with E-state index < -0.39 is 35.8 Å². The zero-order valence-corrected chi connectivity index (χ0v) is 24.3. The summed E-state index contributed by atoms with van der Waals surface area (Å²) >= 11 is 0. The van der Waals surface area contributed by atoms with Crippen molar-refractivity contribution in [2.45, 2.75) is 50.0 Å². The van der Waals surface area contributed by atoms with Gasteiger partial charge in [0.05, 0.1) is 0 Å². The van der Waals surface area contributed by atoms with Gasteiger partial charge in [0.1, 0.15) is 21.0 Å². The number of benzene rings is 2. The zero-order chi connectivity index (χ0) is 29.2. The minimum Gasteiger partial charge on any atom is -0.382 e. The third-order valence-corrected chi connectivity index (χ3v) is 10.3. The van der Waals surface area contributed by atoms with Crippen molar-refractivity contribution in [3.63, 3.8) is 0 Å². The molecule has 2 amide bonds. The number of urea groups is 1. The number of hydrogen-bond donors (Lipinski definition) is 2. The molecule has 0 spiro atoms. The van der Waals surface area contributed by atoms with Crippen LogP contribution in [0.15, 0.2) is 96.1 Å². The molecule has 0 saturated heterocycles. The van der Waals surface area contributed by atoms with Crippen molar-refractivity contribution >= 4 is 37.6 Å². The topological polar surface area (TPSA) is 128 Å². The van der Waals surface area contributed by atoms with Gasteiger partial charge in [-0.2, -0.15) is 16.8 Å². The van der Waals surface area contributed by atoms with Gasteiger partial charge in [-0.15, -0.1) is 0 Å². The van der Waals surface area contributed by atoms with E-state index in [0.29, 0.717) is 24.2 Å². The molecule has 0 fully saturated rings. The summed E-state index contributed by atoms with van der Waals surface area (Å²) in [5, 5.41) is 5.27.